The van der Waals surface area contributed by atoms with Crippen LogP contribution in [0.4, 0.5) is 4.39 Å². The van der Waals surface area contributed by atoms with E-state index >= 15 is 0 Å². The molecule has 1 N–H and O–H groups in total. The van der Waals surface area contributed by atoms with Gasteiger partial charge in [-0.2, -0.15) is 5.26 Å². The lowest BCUT2D eigenvalue weighted by Gasteiger charge is -2.38. The largest absolute Gasteiger partial charge is 0.493 e. The van der Waals surface area contributed by atoms with Crippen LogP contribution in [0.1, 0.15) is 53.6 Å². The predicted molar refractivity (Wildman–Crippen MR) is 137 cm³/mol. The molecule has 3 heterocycles. The Balaban J connectivity index is 1.14. The monoisotopic (exact) mass is 538 g/mol. The standard InChI is InChI=1S/C28H28ClFN4O4/c29-22-15-18(30)5-6-21(22)28(17-31)9-12-33(13-10-28)11-2-14-38-24-4-1-3-19-20(24)16-34(27(19)37)23-7-8-25(35)32-26(23)36/h1,3-6,15,23H,2,7-14,16H2,(H,32,35,36). The summed E-state index contributed by atoms with van der Waals surface area (Å²) in [5.74, 6) is -0.769. The number of carbonyl (C=O) groups is 3. The van der Waals surface area contributed by atoms with Crippen LogP contribution < -0.4 is 10.1 Å². The molecule has 3 aliphatic heterocycles. The predicted octanol–water partition coefficient (Wildman–Crippen LogP) is 3.57. The van der Waals surface area contributed by atoms with Crippen LogP contribution in [0.15, 0.2) is 36.4 Å². The van der Waals surface area contributed by atoms with Crippen LogP contribution in [-0.2, 0) is 21.5 Å². The van der Waals surface area contributed by atoms with Crippen molar-refractivity contribution in [3.05, 3.63) is 63.9 Å². The van der Waals surface area contributed by atoms with E-state index in [0.717, 1.165) is 31.6 Å². The van der Waals surface area contributed by atoms with Gasteiger partial charge in [0.25, 0.3) is 5.91 Å². The van der Waals surface area contributed by atoms with Gasteiger partial charge in [0.15, 0.2) is 0 Å². The Morgan fingerprint density at radius 2 is 1.97 bits per heavy atom. The zero-order valence-electron chi connectivity index (χ0n) is 20.8. The molecule has 0 aliphatic carbocycles. The number of hydrogen-bond donors (Lipinski definition) is 1. The van der Waals surface area contributed by atoms with Gasteiger partial charge in [-0.15, -0.1) is 0 Å². The number of piperidine rings is 2. The molecule has 0 radical (unpaired) electrons. The fraction of sp³-hybridized carbons (Fsp3) is 0.429. The van der Waals surface area contributed by atoms with Crippen molar-refractivity contribution in [2.75, 3.05) is 26.2 Å². The summed E-state index contributed by atoms with van der Waals surface area (Å²) in [5.41, 5.74) is 1.25. The van der Waals surface area contributed by atoms with Crippen molar-refractivity contribution in [3.8, 4) is 11.8 Å². The van der Waals surface area contributed by atoms with Crippen LogP contribution in [0.2, 0.25) is 5.02 Å². The number of fused-ring (bicyclic) bond motifs is 1. The van der Waals surface area contributed by atoms with E-state index in [2.05, 4.69) is 16.3 Å². The normalized spacial score (nSPS) is 21.1. The number of imide groups is 1. The fourth-order valence-electron chi connectivity index (χ4n) is 5.64. The second kappa shape index (κ2) is 10.7. The van der Waals surface area contributed by atoms with E-state index in [1.165, 1.54) is 17.0 Å². The molecular formula is C28H28ClFN4O4. The lowest BCUT2D eigenvalue weighted by Crippen LogP contribution is -2.52. The molecule has 2 aromatic carbocycles. The number of likely N-dealkylation sites (tertiary alicyclic amines) is 1. The van der Waals surface area contributed by atoms with Crippen LogP contribution in [0.5, 0.6) is 5.75 Å². The highest BCUT2D eigenvalue weighted by Crippen LogP contribution is 2.39. The molecule has 2 fully saturated rings. The number of hydrogen-bond acceptors (Lipinski definition) is 6. The number of amides is 3. The summed E-state index contributed by atoms with van der Waals surface area (Å²) in [6.07, 6.45) is 2.51. The summed E-state index contributed by atoms with van der Waals surface area (Å²) in [4.78, 5) is 40.6. The molecule has 0 spiro atoms. The Labute approximate surface area is 225 Å². The number of rotatable bonds is 7. The number of nitriles is 1. The van der Waals surface area contributed by atoms with Gasteiger partial charge in [-0.3, -0.25) is 19.7 Å². The van der Waals surface area contributed by atoms with Crippen molar-refractivity contribution in [1.29, 1.82) is 5.26 Å². The molecule has 3 amide bonds. The molecule has 0 saturated carbocycles. The van der Waals surface area contributed by atoms with Gasteiger partial charge in [0.05, 0.1) is 24.6 Å². The fourth-order valence-corrected chi connectivity index (χ4v) is 5.99. The zero-order chi connectivity index (χ0) is 26.9. The van der Waals surface area contributed by atoms with Crippen LogP contribution in [0.3, 0.4) is 0 Å². The molecule has 3 aliphatic rings. The van der Waals surface area contributed by atoms with E-state index in [1.54, 1.807) is 18.2 Å². The minimum Gasteiger partial charge on any atom is -0.493 e. The van der Waals surface area contributed by atoms with E-state index in [1.807, 2.05) is 6.07 Å². The Kier molecular flexibility index (Phi) is 7.37. The smallest absolute Gasteiger partial charge is 0.255 e. The summed E-state index contributed by atoms with van der Waals surface area (Å²) < 4.78 is 19.6. The van der Waals surface area contributed by atoms with Gasteiger partial charge in [-0.25, -0.2) is 4.39 Å². The lowest BCUT2D eigenvalue weighted by atomic mass is 9.74. The van der Waals surface area contributed by atoms with E-state index in [0.29, 0.717) is 47.8 Å². The number of nitrogens with zero attached hydrogens (tertiary/aromatic N) is 3. The Hall–Kier alpha value is -3.48. The second-order valence-corrected chi connectivity index (χ2v) is 10.5. The lowest BCUT2D eigenvalue weighted by molar-refractivity contribution is -0.136. The number of carbonyl (C=O) groups excluding carboxylic acids is 3. The molecule has 1 atom stereocenters. The number of ether oxygens (including phenoxy) is 1. The third-order valence-corrected chi connectivity index (χ3v) is 8.10. The number of nitrogens with one attached hydrogen (secondary N) is 1. The SMILES string of the molecule is N#CC1(c2ccc(F)cc2Cl)CCN(CCCOc2cccc3c2CN(C2CCC(=O)NC2=O)C3=O)CC1. The van der Waals surface area contributed by atoms with Gasteiger partial charge in [0.1, 0.15) is 17.6 Å². The summed E-state index contributed by atoms with van der Waals surface area (Å²) in [5, 5.41) is 12.5. The molecule has 5 rings (SSSR count). The van der Waals surface area contributed by atoms with E-state index in [9.17, 15) is 24.0 Å². The van der Waals surface area contributed by atoms with Crippen LogP contribution in [0.25, 0.3) is 0 Å². The average molecular weight is 539 g/mol. The van der Waals surface area contributed by atoms with Gasteiger partial charge < -0.3 is 14.5 Å². The summed E-state index contributed by atoms with van der Waals surface area (Å²) in [7, 11) is 0. The van der Waals surface area contributed by atoms with Gasteiger partial charge in [-0.05, 0) is 68.6 Å². The van der Waals surface area contributed by atoms with E-state index in [4.69, 9.17) is 16.3 Å². The first-order valence-electron chi connectivity index (χ1n) is 12.8. The van der Waals surface area contributed by atoms with Gasteiger partial charge in [0, 0.05) is 29.1 Å². The minimum atomic E-state index is -0.719. The third kappa shape index (κ3) is 4.98. The van der Waals surface area contributed by atoms with Crippen molar-refractivity contribution in [3.63, 3.8) is 0 Å². The highest BCUT2D eigenvalue weighted by atomic mass is 35.5. The van der Waals surface area contributed by atoms with Gasteiger partial charge in [0.2, 0.25) is 11.8 Å². The first-order chi connectivity index (χ1) is 18.3. The zero-order valence-corrected chi connectivity index (χ0v) is 21.6. The highest BCUT2D eigenvalue weighted by molar-refractivity contribution is 6.31. The van der Waals surface area contributed by atoms with Gasteiger partial charge in [-0.1, -0.05) is 23.7 Å². The molecule has 198 valence electrons. The first-order valence-corrected chi connectivity index (χ1v) is 13.2. The third-order valence-electron chi connectivity index (χ3n) is 7.79. The number of benzene rings is 2. The summed E-state index contributed by atoms with van der Waals surface area (Å²) in [6, 6.07) is 11.3. The van der Waals surface area contributed by atoms with Gasteiger partial charge >= 0.3 is 0 Å². The van der Waals surface area contributed by atoms with Crippen molar-refractivity contribution < 1.29 is 23.5 Å². The molecule has 38 heavy (non-hydrogen) atoms. The summed E-state index contributed by atoms with van der Waals surface area (Å²) >= 11 is 6.26. The Morgan fingerprint density at radius 1 is 1.18 bits per heavy atom. The maximum Gasteiger partial charge on any atom is 0.255 e. The summed E-state index contributed by atoms with van der Waals surface area (Å²) in [6.45, 7) is 2.95. The Bertz CT molecular complexity index is 1320. The molecule has 2 aromatic rings. The van der Waals surface area contributed by atoms with E-state index in [-0.39, 0.29) is 24.8 Å². The molecular weight excluding hydrogens is 511 g/mol. The number of halogens is 2. The molecule has 2 saturated heterocycles. The quantitative estimate of drug-likeness (QED) is 0.427. The van der Waals surface area contributed by atoms with Crippen LogP contribution in [-0.4, -0.2) is 59.8 Å². The Morgan fingerprint density at radius 3 is 2.68 bits per heavy atom. The molecule has 0 aromatic heterocycles. The van der Waals surface area contributed by atoms with Crippen molar-refractivity contribution in [1.82, 2.24) is 15.1 Å². The molecule has 1 unspecified atom stereocenters. The molecule has 0 bridgehead atoms. The van der Waals surface area contributed by atoms with Crippen molar-refractivity contribution in [2.45, 2.75) is 50.1 Å². The minimum absolute atomic E-state index is 0.211. The van der Waals surface area contributed by atoms with Crippen molar-refractivity contribution >= 4 is 29.3 Å². The molecule has 8 nitrogen and oxygen atoms in total. The topological polar surface area (TPSA) is 103 Å². The maximum atomic E-state index is 13.5. The average Bonchev–Trinajstić information content (AvgIpc) is 3.24. The maximum absolute atomic E-state index is 13.5. The highest BCUT2D eigenvalue weighted by Gasteiger charge is 2.40. The second-order valence-electron chi connectivity index (χ2n) is 10.0. The van der Waals surface area contributed by atoms with Crippen LogP contribution in [0, 0.1) is 17.1 Å². The first kappa shape index (κ1) is 26.1. The molecule has 10 heteroatoms. The van der Waals surface area contributed by atoms with Crippen LogP contribution >= 0.6 is 11.6 Å². The van der Waals surface area contributed by atoms with Crippen molar-refractivity contribution in [2.24, 2.45) is 0 Å². The van der Waals surface area contributed by atoms with E-state index < -0.39 is 23.2 Å².